The fourth-order valence-corrected chi connectivity index (χ4v) is 3.00. The van der Waals surface area contributed by atoms with Crippen LogP contribution in [0.1, 0.15) is 23.3 Å². The lowest BCUT2D eigenvalue weighted by Crippen LogP contribution is -2.48. The van der Waals surface area contributed by atoms with Gasteiger partial charge in [0.05, 0.1) is 18.5 Å². The van der Waals surface area contributed by atoms with Crippen molar-refractivity contribution >= 4 is 17.6 Å². The molecule has 7 nitrogen and oxygen atoms in total. The molecular weight excluding hydrogens is 346 g/mol. The molecule has 0 atom stereocenters. The molecule has 0 aliphatic carbocycles. The van der Waals surface area contributed by atoms with Gasteiger partial charge in [0.15, 0.2) is 0 Å². The predicted octanol–water partition coefficient (Wildman–Crippen LogP) is 2.29. The van der Waals surface area contributed by atoms with Crippen molar-refractivity contribution < 1.29 is 19.4 Å². The van der Waals surface area contributed by atoms with E-state index < -0.39 is 5.97 Å². The second-order valence-corrected chi connectivity index (χ2v) is 6.34. The molecule has 0 unspecified atom stereocenters. The van der Waals surface area contributed by atoms with Crippen molar-refractivity contribution in [2.45, 2.75) is 12.8 Å². The van der Waals surface area contributed by atoms with Crippen LogP contribution in [0.25, 0.3) is 0 Å². The number of para-hydroxylation sites is 1. The highest BCUT2D eigenvalue weighted by atomic mass is 16.5. The van der Waals surface area contributed by atoms with E-state index in [0.29, 0.717) is 45.6 Å². The zero-order valence-corrected chi connectivity index (χ0v) is 15.1. The normalized spacial score (nSPS) is 14.1. The van der Waals surface area contributed by atoms with E-state index in [-0.39, 0.29) is 11.6 Å². The number of piperazine rings is 1. The minimum atomic E-state index is -1.03. The molecule has 1 aliphatic rings. The van der Waals surface area contributed by atoms with Crippen LogP contribution >= 0.6 is 0 Å². The number of nitrogens with zero attached hydrogens (tertiary/aromatic N) is 3. The summed E-state index contributed by atoms with van der Waals surface area (Å²) in [6.07, 6.45) is 2.73. The molecule has 1 saturated heterocycles. The van der Waals surface area contributed by atoms with E-state index in [1.807, 2.05) is 35.2 Å². The fraction of sp³-hybridized carbons (Fsp3) is 0.350. The molecule has 0 bridgehead atoms. The van der Waals surface area contributed by atoms with Crippen molar-refractivity contribution in [2.75, 3.05) is 37.7 Å². The Morgan fingerprint density at radius 1 is 1.04 bits per heavy atom. The van der Waals surface area contributed by atoms with E-state index in [1.54, 1.807) is 12.3 Å². The Morgan fingerprint density at radius 2 is 1.78 bits per heavy atom. The first-order valence-electron chi connectivity index (χ1n) is 9.03. The van der Waals surface area contributed by atoms with Crippen molar-refractivity contribution in [3.63, 3.8) is 0 Å². The zero-order valence-electron chi connectivity index (χ0n) is 15.1. The summed E-state index contributed by atoms with van der Waals surface area (Å²) < 4.78 is 5.62. The van der Waals surface area contributed by atoms with E-state index in [4.69, 9.17) is 9.84 Å². The Labute approximate surface area is 158 Å². The largest absolute Gasteiger partial charge is 0.494 e. The van der Waals surface area contributed by atoms with Crippen LogP contribution in [0.5, 0.6) is 5.75 Å². The van der Waals surface area contributed by atoms with Gasteiger partial charge >= 0.3 is 5.97 Å². The Balaban J connectivity index is 1.39. The van der Waals surface area contributed by atoms with Gasteiger partial charge in [0.2, 0.25) is 5.91 Å². The Bertz CT molecular complexity index is 757. The number of carbonyl (C=O) groups excluding carboxylic acids is 1. The topological polar surface area (TPSA) is 83.0 Å². The van der Waals surface area contributed by atoms with Crippen LogP contribution in [-0.4, -0.2) is 59.7 Å². The minimum absolute atomic E-state index is 0.0327. The molecule has 1 aromatic carbocycles. The maximum Gasteiger partial charge on any atom is 0.354 e. The van der Waals surface area contributed by atoms with Gasteiger partial charge in [-0.25, -0.2) is 9.78 Å². The first-order chi connectivity index (χ1) is 13.1. The fourth-order valence-electron chi connectivity index (χ4n) is 3.00. The Morgan fingerprint density at radius 3 is 2.41 bits per heavy atom. The molecule has 0 radical (unpaired) electrons. The molecule has 1 amide bonds. The average molecular weight is 369 g/mol. The lowest BCUT2D eigenvalue weighted by molar-refractivity contribution is -0.131. The average Bonchev–Trinajstić information content (AvgIpc) is 2.72. The SMILES string of the molecule is O=C(O)c1ccc(N2CCN(C(=O)CCCOc3ccccc3)CC2)cn1. The number of aromatic nitrogens is 1. The molecule has 27 heavy (non-hydrogen) atoms. The summed E-state index contributed by atoms with van der Waals surface area (Å²) in [4.78, 5) is 31.1. The molecule has 2 aromatic rings. The van der Waals surface area contributed by atoms with Gasteiger partial charge in [-0.15, -0.1) is 0 Å². The van der Waals surface area contributed by atoms with E-state index in [1.165, 1.54) is 6.07 Å². The standard InChI is InChI=1S/C20H23N3O4/c24-19(7-4-14-27-17-5-2-1-3-6-17)23-12-10-22(11-13-23)16-8-9-18(20(25)26)21-15-16/h1-3,5-6,8-9,15H,4,7,10-14H2,(H,25,26). The van der Waals surface area contributed by atoms with Crippen molar-refractivity contribution in [2.24, 2.45) is 0 Å². The number of aromatic carboxylic acids is 1. The Hall–Kier alpha value is -3.09. The number of ether oxygens (including phenoxy) is 1. The number of carboxylic acid groups (broad SMARTS) is 1. The third kappa shape index (κ3) is 5.20. The first kappa shape index (κ1) is 18.7. The highest BCUT2D eigenvalue weighted by Gasteiger charge is 2.21. The first-order valence-corrected chi connectivity index (χ1v) is 9.03. The molecule has 3 rings (SSSR count). The van der Waals surface area contributed by atoms with Gasteiger partial charge in [0, 0.05) is 32.6 Å². The van der Waals surface area contributed by atoms with E-state index in [9.17, 15) is 9.59 Å². The van der Waals surface area contributed by atoms with Crippen LogP contribution in [0, 0.1) is 0 Å². The molecular formula is C20H23N3O4. The zero-order chi connectivity index (χ0) is 19.1. The molecule has 1 fully saturated rings. The van der Waals surface area contributed by atoms with Crippen LogP contribution in [-0.2, 0) is 4.79 Å². The van der Waals surface area contributed by atoms with Crippen molar-refractivity contribution in [3.05, 3.63) is 54.4 Å². The van der Waals surface area contributed by atoms with Gasteiger partial charge in [-0.05, 0) is 30.7 Å². The third-order valence-corrected chi connectivity index (χ3v) is 4.51. The number of carboxylic acids is 1. The number of carbonyl (C=O) groups is 2. The number of anilines is 1. The maximum atomic E-state index is 12.3. The number of hydrogen-bond acceptors (Lipinski definition) is 5. The number of pyridine rings is 1. The molecule has 1 N–H and O–H groups in total. The summed E-state index contributed by atoms with van der Waals surface area (Å²) >= 11 is 0. The van der Waals surface area contributed by atoms with Gasteiger partial charge in [-0.2, -0.15) is 0 Å². The molecule has 0 saturated carbocycles. The Kier molecular flexibility index (Phi) is 6.25. The summed E-state index contributed by atoms with van der Waals surface area (Å²) in [5, 5.41) is 8.91. The summed E-state index contributed by atoms with van der Waals surface area (Å²) in [5.41, 5.74) is 0.911. The summed E-state index contributed by atoms with van der Waals surface area (Å²) in [6, 6.07) is 12.8. The predicted molar refractivity (Wildman–Crippen MR) is 101 cm³/mol. The van der Waals surface area contributed by atoms with Gasteiger partial charge in [0.25, 0.3) is 0 Å². The number of amides is 1. The number of hydrogen-bond donors (Lipinski definition) is 1. The quantitative estimate of drug-likeness (QED) is 0.754. The van der Waals surface area contributed by atoms with Crippen molar-refractivity contribution in [1.82, 2.24) is 9.88 Å². The van der Waals surface area contributed by atoms with Gasteiger partial charge in [-0.3, -0.25) is 4.79 Å². The molecule has 1 aromatic heterocycles. The van der Waals surface area contributed by atoms with Crippen LogP contribution < -0.4 is 9.64 Å². The minimum Gasteiger partial charge on any atom is -0.494 e. The highest BCUT2D eigenvalue weighted by molar-refractivity contribution is 5.85. The van der Waals surface area contributed by atoms with Crippen LogP contribution in [0.4, 0.5) is 5.69 Å². The van der Waals surface area contributed by atoms with E-state index in [2.05, 4.69) is 9.88 Å². The van der Waals surface area contributed by atoms with E-state index in [0.717, 1.165) is 11.4 Å². The van der Waals surface area contributed by atoms with Gasteiger partial charge in [0.1, 0.15) is 11.4 Å². The molecule has 7 heteroatoms. The summed E-state index contributed by atoms with van der Waals surface area (Å²) in [7, 11) is 0. The molecule has 142 valence electrons. The van der Waals surface area contributed by atoms with Crippen LogP contribution in [0.2, 0.25) is 0 Å². The lowest BCUT2D eigenvalue weighted by atomic mass is 10.2. The second-order valence-electron chi connectivity index (χ2n) is 6.34. The number of rotatable bonds is 7. The second kappa shape index (κ2) is 9.02. The lowest BCUT2D eigenvalue weighted by Gasteiger charge is -2.36. The third-order valence-electron chi connectivity index (χ3n) is 4.51. The highest BCUT2D eigenvalue weighted by Crippen LogP contribution is 2.16. The monoisotopic (exact) mass is 369 g/mol. The molecule has 0 spiro atoms. The van der Waals surface area contributed by atoms with Crippen LogP contribution in [0.15, 0.2) is 48.7 Å². The van der Waals surface area contributed by atoms with Gasteiger partial charge in [-0.1, -0.05) is 18.2 Å². The van der Waals surface area contributed by atoms with Crippen molar-refractivity contribution in [3.8, 4) is 5.75 Å². The maximum absolute atomic E-state index is 12.3. The summed E-state index contributed by atoms with van der Waals surface area (Å²) in [5.74, 6) is -0.0695. The van der Waals surface area contributed by atoms with Gasteiger partial charge < -0.3 is 19.6 Å². The van der Waals surface area contributed by atoms with Crippen molar-refractivity contribution in [1.29, 1.82) is 0 Å². The molecule has 2 heterocycles. The summed E-state index contributed by atoms with van der Waals surface area (Å²) in [6.45, 7) is 3.25. The smallest absolute Gasteiger partial charge is 0.354 e. The van der Waals surface area contributed by atoms with E-state index >= 15 is 0 Å². The van der Waals surface area contributed by atoms with Crippen LogP contribution in [0.3, 0.4) is 0 Å². The number of benzene rings is 1. The molecule has 1 aliphatic heterocycles.